The van der Waals surface area contributed by atoms with Crippen LogP contribution >= 0.6 is 0 Å². The minimum Gasteiger partial charge on any atom is -0.462 e. The molecule has 0 N–H and O–H groups in total. The maximum atomic E-state index is 11.2. The molecule has 0 amide bonds. The second kappa shape index (κ2) is 12.2. The summed E-state index contributed by atoms with van der Waals surface area (Å²) in [6, 6.07) is 1.87. The van der Waals surface area contributed by atoms with Gasteiger partial charge in [-0.1, -0.05) is 13.2 Å². The van der Waals surface area contributed by atoms with Crippen molar-refractivity contribution in [3.63, 3.8) is 0 Å². The van der Waals surface area contributed by atoms with E-state index in [1.165, 1.54) is 0 Å². The standard InChI is InChI=1S/C16H28O5Si/c1-6-21-22(11-7-9-19-15(17)13(2)3)12-8-10-20-16(18)14(4)5/h22H,2,4,6-12H2,1,3,5H3. The van der Waals surface area contributed by atoms with Crippen molar-refractivity contribution in [2.75, 3.05) is 19.8 Å². The van der Waals surface area contributed by atoms with Crippen LogP contribution in [-0.4, -0.2) is 40.8 Å². The van der Waals surface area contributed by atoms with Crippen LogP contribution in [0.1, 0.15) is 33.6 Å². The van der Waals surface area contributed by atoms with E-state index in [2.05, 4.69) is 13.2 Å². The number of rotatable bonds is 12. The van der Waals surface area contributed by atoms with Gasteiger partial charge in [0, 0.05) is 17.8 Å². The van der Waals surface area contributed by atoms with Crippen LogP contribution in [0.3, 0.4) is 0 Å². The number of hydrogen-bond acceptors (Lipinski definition) is 5. The Balaban J connectivity index is 3.86. The molecule has 0 aromatic rings. The van der Waals surface area contributed by atoms with Gasteiger partial charge in [-0.3, -0.25) is 0 Å². The molecule has 22 heavy (non-hydrogen) atoms. The van der Waals surface area contributed by atoms with Crippen molar-refractivity contribution in [2.45, 2.75) is 45.7 Å². The number of carbonyl (C=O) groups is 2. The van der Waals surface area contributed by atoms with Gasteiger partial charge < -0.3 is 13.9 Å². The third-order valence-corrected chi connectivity index (χ3v) is 5.82. The van der Waals surface area contributed by atoms with Crippen LogP contribution in [-0.2, 0) is 23.5 Å². The molecule has 0 heterocycles. The first kappa shape index (κ1) is 20.6. The van der Waals surface area contributed by atoms with Crippen molar-refractivity contribution in [3.8, 4) is 0 Å². The molecule has 0 aliphatic heterocycles. The molecule has 0 atom stereocenters. The SMILES string of the molecule is C=C(C)C(=O)OCCC[SiH](CCCOC(=O)C(=C)C)OCC. The Morgan fingerprint density at radius 3 is 1.64 bits per heavy atom. The molecule has 0 saturated carbocycles. The lowest BCUT2D eigenvalue weighted by molar-refractivity contribution is -0.139. The van der Waals surface area contributed by atoms with Gasteiger partial charge in [0.25, 0.3) is 0 Å². The summed E-state index contributed by atoms with van der Waals surface area (Å²) >= 11 is 0. The fourth-order valence-electron chi connectivity index (χ4n) is 1.74. The molecule has 126 valence electrons. The summed E-state index contributed by atoms with van der Waals surface area (Å²) in [5.74, 6) is -0.692. The first-order valence-electron chi connectivity index (χ1n) is 7.65. The Kier molecular flexibility index (Phi) is 11.4. The van der Waals surface area contributed by atoms with E-state index in [0.717, 1.165) is 24.9 Å². The second-order valence-corrected chi connectivity index (χ2v) is 7.93. The van der Waals surface area contributed by atoms with Crippen LogP contribution in [0, 0.1) is 0 Å². The molecule has 0 fully saturated rings. The van der Waals surface area contributed by atoms with E-state index >= 15 is 0 Å². The number of esters is 2. The van der Waals surface area contributed by atoms with Crippen molar-refractivity contribution < 1.29 is 23.5 Å². The number of carbonyl (C=O) groups excluding carboxylic acids is 2. The van der Waals surface area contributed by atoms with E-state index in [4.69, 9.17) is 13.9 Å². The fourth-order valence-corrected chi connectivity index (χ4v) is 4.08. The summed E-state index contributed by atoms with van der Waals surface area (Å²) in [4.78, 5) is 22.5. The van der Waals surface area contributed by atoms with Crippen molar-refractivity contribution in [1.29, 1.82) is 0 Å². The Morgan fingerprint density at radius 1 is 0.909 bits per heavy atom. The molecule has 0 aliphatic carbocycles. The highest BCUT2D eigenvalue weighted by atomic mass is 28.3. The van der Waals surface area contributed by atoms with Crippen molar-refractivity contribution in [3.05, 3.63) is 24.3 Å². The van der Waals surface area contributed by atoms with Gasteiger partial charge in [0.15, 0.2) is 9.04 Å². The maximum Gasteiger partial charge on any atom is 0.333 e. The molecule has 0 bridgehead atoms. The molecule has 0 aliphatic rings. The van der Waals surface area contributed by atoms with Crippen LogP contribution in [0.25, 0.3) is 0 Å². The predicted octanol–water partition coefficient (Wildman–Crippen LogP) is 2.77. The highest BCUT2D eigenvalue weighted by molar-refractivity contribution is 6.51. The summed E-state index contributed by atoms with van der Waals surface area (Å²) in [5.41, 5.74) is 0.830. The highest BCUT2D eigenvalue weighted by Crippen LogP contribution is 2.09. The van der Waals surface area contributed by atoms with Crippen LogP contribution < -0.4 is 0 Å². The van der Waals surface area contributed by atoms with Gasteiger partial charge in [-0.15, -0.1) is 0 Å². The number of ether oxygens (including phenoxy) is 2. The topological polar surface area (TPSA) is 61.8 Å². The molecule has 0 rings (SSSR count). The van der Waals surface area contributed by atoms with Crippen LogP contribution in [0.15, 0.2) is 24.3 Å². The molecule has 0 radical (unpaired) electrons. The first-order valence-corrected chi connectivity index (χ1v) is 9.75. The Hall–Kier alpha value is -1.40. The maximum absolute atomic E-state index is 11.2. The summed E-state index contributed by atoms with van der Waals surface area (Å²) in [7, 11) is -1.34. The smallest absolute Gasteiger partial charge is 0.333 e. The largest absolute Gasteiger partial charge is 0.462 e. The van der Waals surface area contributed by atoms with Crippen molar-refractivity contribution >= 4 is 21.0 Å². The molecule has 0 spiro atoms. The van der Waals surface area contributed by atoms with Gasteiger partial charge >= 0.3 is 11.9 Å². The molecule has 0 aromatic heterocycles. The van der Waals surface area contributed by atoms with Crippen LogP contribution in [0.4, 0.5) is 0 Å². The van der Waals surface area contributed by atoms with Crippen molar-refractivity contribution in [2.24, 2.45) is 0 Å². The first-order chi connectivity index (χ1) is 10.4. The number of hydrogen-bond donors (Lipinski definition) is 0. The average molecular weight is 328 g/mol. The van der Waals surface area contributed by atoms with E-state index < -0.39 is 9.04 Å². The fraction of sp³-hybridized carbons (Fsp3) is 0.625. The molecular formula is C16H28O5Si. The van der Waals surface area contributed by atoms with E-state index in [1.54, 1.807) is 13.8 Å². The minimum absolute atomic E-state index is 0.346. The van der Waals surface area contributed by atoms with Gasteiger partial charge in [0.1, 0.15) is 0 Å². The molecular weight excluding hydrogens is 300 g/mol. The van der Waals surface area contributed by atoms with E-state index in [-0.39, 0.29) is 11.9 Å². The minimum atomic E-state index is -1.34. The van der Waals surface area contributed by atoms with E-state index in [0.29, 0.717) is 31.0 Å². The Morgan fingerprint density at radius 2 is 1.32 bits per heavy atom. The lowest BCUT2D eigenvalue weighted by Crippen LogP contribution is -2.20. The third kappa shape index (κ3) is 10.3. The van der Waals surface area contributed by atoms with Gasteiger partial charge in [0.05, 0.1) is 13.2 Å². The van der Waals surface area contributed by atoms with Gasteiger partial charge in [-0.2, -0.15) is 0 Å². The quantitative estimate of drug-likeness (QED) is 0.239. The second-order valence-electron chi connectivity index (χ2n) is 5.19. The highest BCUT2D eigenvalue weighted by Gasteiger charge is 2.12. The van der Waals surface area contributed by atoms with Gasteiger partial charge in [0.2, 0.25) is 0 Å². The Bertz CT molecular complexity index is 358. The van der Waals surface area contributed by atoms with Crippen LogP contribution in [0.2, 0.25) is 12.1 Å². The third-order valence-electron chi connectivity index (χ3n) is 2.91. The summed E-state index contributed by atoms with van der Waals surface area (Å²) in [6.45, 7) is 13.8. The molecule has 0 saturated heterocycles. The lowest BCUT2D eigenvalue weighted by atomic mass is 10.4. The molecule has 0 unspecified atom stereocenters. The van der Waals surface area contributed by atoms with Gasteiger partial charge in [-0.25, -0.2) is 9.59 Å². The molecule has 6 heteroatoms. The average Bonchev–Trinajstić information content (AvgIpc) is 2.46. The normalized spacial score (nSPS) is 10.4. The monoisotopic (exact) mass is 328 g/mol. The zero-order chi connectivity index (χ0) is 17.0. The molecule has 0 aromatic carbocycles. The molecule has 5 nitrogen and oxygen atoms in total. The summed E-state index contributed by atoms with van der Waals surface area (Å²) in [5, 5.41) is 0. The van der Waals surface area contributed by atoms with E-state index in [9.17, 15) is 9.59 Å². The summed E-state index contributed by atoms with van der Waals surface area (Å²) in [6.07, 6.45) is 1.59. The zero-order valence-corrected chi connectivity index (χ0v) is 15.1. The Labute approximate surface area is 135 Å². The van der Waals surface area contributed by atoms with E-state index in [1.807, 2.05) is 6.92 Å². The predicted molar refractivity (Wildman–Crippen MR) is 89.2 cm³/mol. The summed E-state index contributed by atoms with van der Waals surface area (Å²) < 4.78 is 15.9. The van der Waals surface area contributed by atoms with Gasteiger partial charge in [-0.05, 0) is 45.7 Å². The zero-order valence-electron chi connectivity index (χ0n) is 14.0. The van der Waals surface area contributed by atoms with Crippen LogP contribution in [0.5, 0.6) is 0 Å². The van der Waals surface area contributed by atoms with Crippen molar-refractivity contribution in [1.82, 2.24) is 0 Å². The lowest BCUT2D eigenvalue weighted by Gasteiger charge is -2.15.